The van der Waals surface area contributed by atoms with Crippen LogP contribution in [0.1, 0.15) is 24.3 Å². The van der Waals surface area contributed by atoms with Gasteiger partial charge in [-0.1, -0.05) is 0 Å². The zero-order valence-electron chi connectivity index (χ0n) is 14.4. The normalized spacial score (nSPS) is 25.2. The Morgan fingerprint density at radius 2 is 1.69 bits per heavy atom. The minimum atomic E-state index is -0.952. The van der Waals surface area contributed by atoms with Crippen LogP contribution < -0.4 is 15.5 Å². The number of piperidine rings is 1. The van der Waals surface area contributed by atoms with Gasteiger partial charge in [0.2, 0.25) is 11.8 Å². The Hall–Kier alpha value is -2.06. The Morgan fingerprint density at radius 3 is 2.31 bits per heavy atom. The van der Waals surface area contributed by atoms with Gasteiger partial charge < -0.3 is 10.2 Å². The van der Waals surface area contributed by atoms with Crippen molar-refractivity contribution in [2.45, 2.75) is 24.8 Å². The number of carbonyl (C=O) groups excluding carboxylic acids is 2. The van der Waals surface area contributed by atoms with Gasteiger partial charge in [-0.2, -0.15) is 0 Å². The van der Waals surface area contributed by atoms with Crippen molar-refractivity contribution in [3.63, 3.8) is 0 Å². The Morgan fingerprint density at radius 1 is 1.04 bits per heavy atom. The maximum atomic E-state index is 14.6. The molecule has 4 rings (SSSR count). The lowest BCUT2D eigenvalue weighted by atomic mass is 9.89. The standard InChI is InChI=1S/C18H22F2N4O2/c19-14-7-11(24-9-12(10-24)23-5-3-21-4-6-23)8-15(20)17(14)13-1-2-16(25)22-18(13)26/h7-8,12-13,21H,1-6,9-10H2,(H,22,25,26). The van der Waals surface area contributed by atoms with Crippen LogP contribution in [0.3, 0.4) is 0 Å². The van der Waals surface area contributed by atoms with Gasteiger partial charge >= 0.3 is 0 Å². The van der Waals surface area contributed by atoms with Gasteiger partial charge in [0.25, 0.3) is 0 Å². The number of nitrogens with zero attached hydrogens (tertiary/aromatic N) is 2. The van der Waals surface area contributed by atoms with E-state index < -0.39 is 29.4 Å². The zero-order chi connectivity index (χ0) is 18.3. The molecule has 0 spiro atoms. The van der Waals surface area contributed by atoms with Crippen LogP contribution >= 0.6 is 0 Å². The molecule has 3 heterocycles. The lowest BCUT2D eigenvalue weighted by molar-refractivity contribution is -0.134. The summed E-state index contributed by atoms with van der Waals surface area (Å²) in [7, 11) is 0. The summed E-state index contributed by atoms with van der Waals surface area (Å²) in [6.45, 7) is 5.43. The quantitative estimate of drug-likeness (QED) is 0.769. The van der Waals surface area contributed by atoms with E-state index in [0.29, 0.717) is 11.7 Å². The maximum absolute atomic E-state index is 14.6. The van der Waals surface area contributed by atoms with Gasteiger partial charge in [-0.05, 0) is 18.6 Å². The molecule has 3 aliphatic rings. The van der Waals surface area contributed by atoms with Crippen LogP contribution in [0.5, 0.6) is 0 Å². The van der Waals surface area contributed by atoms with Crippen LogP contribution in [0, 0.1) is 11.6 Å². The Kier molecular flexibility index (Phi) is 4.62. The van der Waals surface area contributed by atoms with Gasteiger partial charge in [-0.25, -0.2) is 8.78 Å². The van der Waals surface area contributed by atoms with Crippen LogP contribution in [0.2, 0.25) is 0 Å². The van der Waals surface area contributed by atoms with Crippen LogP contribution in [-0.4, -0.2) is 62.0 Å². The summed E-state index contributed by atoms with van der Waals surface area (Å²) in [5.74, 6) is -3.43. The predicted octanol–water partition coefficient (Wildman–Crippen LogP) is 0.579. The number of carbonyl (C=O) groups is 2. The van der Waals surface area contributed by atoms with Crippen LogP contribution in [-0.2, 0) is 9.59 Å². The molecule has 0 radical (unpaired) electrons. The highest BCUT2D eigenvalue weighted by Crippen LogP contribution is 2.33. The highest BCUT2D eigenvalue weighted by atomic mass is 19.1. The average molecular weight is 364 g/mol. The Labute approximate surface area is 150 Å². The number of benzene rings is 1. The molecule has 0 aliphatic carbocycles. The van der Waals surface area contributed by atoms with E-state index in [1.54, 1.807) is 0 Å². The topological polar surface area (TPSA) is 64.7 Å². The van der Waals surface area contributed by atoms with Gasteiger partial charge in [-0.3, -0.25) is 19.8 Å². The largest absolute Gasteiger partial charge is 0.368 e. The third-order valence-electron chi connectivity index (χ3n) is 5.55. The fraction of sp³-hybridized carbons (Fsp3) is 0.556. The second kappa shape index (κ2) is 6.92. The molecule has 0 bridgehead atoms. The first-order valence-corrected chi connectivity index (χ1v) is 9.05. The summed E-state index contributed by atoms with van der Waals surface area (Å²) < 4.78 is 29.2. The van der Waals surface area contributed by atoms with E-state index in [4.69, 9.17) is 0 Å². The van der Waals surface area contributed by atoms with Crippen molar-refractivity contribution in [2.24, 2.45) is 0 Å². The molecule has 8 heteroatoms. The van der Waals surface area contributed by atoms with E-state index in [9.17, 15) is 18.4 Å². The van der Waals surface area contributed by atoms with Crippen molar-refractivity contribution in [3.8, 4) is 0 Å². The molecular formula is C18H22F2N4O2. The molecule has 0 saturated carbocycles. The summed E-state index contributed by atoms with van der Waals surface area (Å²) in [6.07, 6.45) is 0.224. The van der Waals surface area contributed by atoms with Gasteiger partial charge in [0.1, 0.15) is 11.6 Å². The number of amides is 2. The molecule has 3 saturated heterocycles. The number of imide groups is 1. The molecule has 2 N–H and O–H groups in total. The molecule has 2 amide bonds. The van der Waals surface area contributed by atoms with E-state index in [2.05, 4.69) is 15.5 Å². The van der Waals surface area contributed by atoms with Crippen molar-refractivity contribution in [3.05, 3.63) is 29.3 Å². The number of anilines is 1. The summed E-state index contributed by atoms with van der Waals surface area (Å²) >= 11 is 0. The molecule has 0 aromatic heterocycles. The van der Waals surface area contributed by atoms with E-state index in [0.717, 1.165) is 39.3 Å². The summed E-state index contributed by atoms with van der Waals surface area (Å²) in [6, 6.07) is 3.02. The number of hydrogen-bond acceptors (Lipinski definition) is 5. The first-order chi connectivity index (χ1) is 12.5. The van der Waals surface area contributed by atoms with Gasteiger partial charge in [0, 0.05) is 63.0 Å². The Balaban J connectivity index is 1.46. The molecule has 3 aliphatic heterocycles. The average Bonchev–Trinajstić information content (AvgIpc) is 2.56. The summed E-state index contributed by atoms with van der Waals surface area (Å²) in [5.41, 5.74) is 0.264. The maximum Gasteiger partial charge on any atom is 0.234 e. The van der Waals surface area contributed by atoms with E-state index in [1.165, 1.54) is 12.1 Å². The van der Waals surface area contributed by atoms with Crippen LogP contribution in [0.15, 0.2) is 12.1 Å². The van der Waals surface area contributed by atoms with Crippen LogP contribution in [0.4, 0.5) is 14.5 Å². The van der Waals surface area contributed by atoms with Crippen molar-refractivity contribution in [1.29, 1.82) is 0 Å². The third-order valence-corrected chi connectivity index (χ3v) is 5.55. The highest BCUT2D eigenvalue weighted by molar-refractivity contribution is 6.01. The van der Waals surface area contributed by atoms with E-state index >= 15 is 0 Å². The first-order valence-electron chi connectivity index (χ1n) is 9.05. The van der Waals surface area contributed by atoms with Crippen molar-refractivity contribution >= 4 is 17.5 Å². The second-order valence-corrected chi connectivity index (χ2v) is 7.17. The lowest BCUT2D eigenvalue weighted by Crippen LogP contribution is -2.62. The molecule has 6 nitrogen and oxygen atoms in total. The minimum absolute atomic E-state index is 0.0928. The first kappa shape index (κ1) is 17.4. The number of halogens is 2. The van der Waals surface area contributed by atoms with Gasteiger partial charge in [-0.15, -0.1) is 0 Å². The SMILES string of the molecule is O=C1CCC(c2c(F)cc(N3CC(N4CCNCC4)C3)cc2F)C(=O)N1. The Bertz CT molecular complexity index is 707. The molecular weight excluding hydrogens is 342 g/mol. The van der Waals surface area contributed by atoms with E-state index in [-0.39, 0.29) is 18.4 Å². The van der Waals surface area contributed by atoms with E-state index in [1.807, 2.05) is 4.90 Å². The molecule has 1 aromatic rings. The predicted molar refractivity (Wildman–Crippen MR) is 91.9 cm³/mol. The smallest absolute Gasteiger partial charge is 0.234 e. The highest BCUT2D eigenvalue weighted by Gasteiger charge is 2.35. The summed E-state index contributed by atoms with van der Waals surface area (Å²) in [4.78, 5) is 27.5. The number of hydrogen-bond donors (Lipinski definition) is 2. The number of nitrogens with one attached hydrogen (secondary N) is 2. The fourth-order valence-electron chi connectivity index (χ4n) is 4.00. The molecule has 26 heavy (non-hydrogen) atoms. The monoisotopic (exact) mass is 364 g/mol. The van der Waals surface area contributed by atoms with Gasteiger partial charge in [0.15, 0.2) is 0 Å². The van der Waals surface area contributed by atoms with Crippen molar-refractivity contribution < 1.29 is 18.4 Å². The van der Waals surface area contributed by atoms with Gasteiger partial charge in [0.05, 0.1) is 5.92 Å². The van der Waals surface area contributed by atoms with Crippen LogP contribution in [0.25, 0.3) is 0 Å². The van der Waals surface area contributed by atoms with Crippen molar-refractivity contribution in [1.82, 2.24) is 15.5 Å². The third kappa shape index (κ3) is 3.19. The molecule has 1 atom stereocenters. The van der Waals surface area contributed by atoms with Crippen molar-refractivity contribution in [2.75, 3.05) is 44.2 Å². The fourth-order valence-corrected chi connectivity index (χ4v) is 4.00. The second-order valence-electron chi connectivity index (χ2n) is 7.17. The lowest BCUT2D eigenvalue weighted by Gasteiger charge is -2.48. The molecule has 1 aromatic carbocycles. The molecule has 1 unspecified atom stereocenters. The minimum Gasteiger partial charge on any atom is -0.368 e. The number of piperazine rings is 1. The molecule has 140 valence electrons. The zero-order valence-corrected chi connectivity index (χ0v) is 14.4. The summed E-state index contributed by atoms with van der Waals surface area (Å²) in [5, 5.41) is 5.46. The molecule has 3 fully saturated rings. The number of rotatable bonds is 3.